The maximum Gasteiger partial charge on any atom is -0.0623 e. The van der Waals surface area contributed by atoms with Gasteiger partial charge in [-0.05, 0) is 0 Å². The van der Waals surface area contributed by atoms with E-state index in [0.29, 0.717) is 0 Å². The molecule has 0 aliphatic rings. The van der Waals surface area contributed by atoms with Crippen LogP contribution in [0.15, 0.2) is 36.4 Å². The molecule has 1 aromatic carbocycles. The summed E-state index contributed by atoms with van der Waals surface area (Å²) in [6, 6.07) is 12.0. The third-order valence-electron chi connectivity index (χ3n) is 0.667. The molecule has 1 heteroatoms. The van der Waals surface area contributed by atoms with E-state index >= 15 is 0 Å². The minimum atomic E-state index is 0. The fourth-order valence-electron chi connectivity index (χ4n) is 0.385. The molecule has 0 heterocycles. The van der Waals surface area contributed by atoms with E-state index in [4.69, 9.17) is 0 Å². The van der Waals surface area contributed by atoms with E-state index in [9.17, 15) is 0 Å². The SMILES string of the molecule is [InH3].c1ccccc1. The Labute approximate surface area is 62.3 Å². The Balaban J connectivity index is 0.000000360. The maximum absolute atomic E-state index is 2.00. The van der Waals surface area contributed by atoms with Crippen molar-refractivity contribution in [2.24, 2.45) is 0 Å². The van der Waals surface area contributed by atoms with Crippen molar-refractivity contribution in [3.8, 4) is 0 Å². The van der Waals surface area contributed by atoms with Crippen LogP contribution in [0.3, 0.4) is 0 Å². The van der Waals surface area contributed by atoms with Gasteiger partial charge in [0, 0.05) is 0 Å². The predicted octanol–water partition coefficient (Wildman–Crippen LogP) is 0.503. The van der Waals surface area contributed by atoms with E-state index in [2.05, 4.69) is 0 Å². The van der Waals surface area contributed by atoms with E-state index in [-0.39, 0.29) is 25.8 Å². The van der Waals surface area contributed by atoms with Crippen LogP contribution in [0.2, 0.25) is 0 Å². The van der Waals surface area contributed by atoms with Gasteiger partial charge < -0.3 is 0 Å². The van der Waals surface area contributed by atoms with Crippen LogP contribution in [0.4, 0.5) is 0 Å². The Hall–Kier alpha value is 0.0901. The molecule has 0 aliphatic carbocycles. The second-order valence-electron chi connectivity index (χ2n) is 1.15. The van der Waals surface area contributed by atoms with Crippen LogP contribution in [0, 0.1) is 0 Å². The van der Waals surface area contributed by atoms with Crippen LogP contribution in [0.1, 0.15) is 0 Å². The first-order chi connectivity index (χ1) is 3.00. The van der Waals surface area contributed by atoms with Gasteiger partial charge in [0.2, 0.25) is 0 Å². The molecule has 0 fully saturated rings. The second-order valence-corrected chi connectivity index (χ2v) is 1.15. The monoisotopic (exact) mass is 196 g/mol. The Morgan fingerprint density at radius 3 is 0.714 bits per heavy atom. The van der Waals surface area contributed by atoms with Crippen molar-refractivity contribution < 1.29 is 0 Å². The molecule has 0 N–H and O–H groups in total. The number of rotatable bonds is 0. The van der Waals surface area contributed by atoms with Gasteiger partial charge in [-0.25, -0.2) is 0 Å². The van der Waals surface area contributed by atoms with Crippen molar-refractivity contribution in [2.45, 2.75) is 0 Å². The van der Waals surface area contributed by atoms with Gasteiger partial charge in [0.25, 0.3) is 0 Å². The van der Waals surface area contributed by atoms with Crippen LogP contribution in [0.25, 0.3) is 0 Å². The van der Waals surface area contributed by atoms with Crippen LogP contribution in [0.5, 0.6) is 0 Å². The van der Waals surface area contributed by atoms with Gasteiger partial charge in [-0.2, -0.15) is 0 Å². The molecule has 0 unspecified atom stereocenters. The zero-order chi connectivity index (χ0) is 4.24. The fourth-order valence-corrected chi connectivity index (χ4v) is 0.385. The zero-order valence-electron chi connectivity index (χ0n) is 3.46. The molecule has 0 radical (unpaired) electrons. The minimum Gasteiger partial charge on any atom is -0.0623 e. The van der Waals surface area contributed by atoms with Crippen molar-refractivity contribution in [3.63, 3.8) is 0 Å². The summed E-state index contributed by atoms with van der Waals surface area (Å²) in [7, 11) is 0. The molecule has 1 aromatic rings. The average Bonchev–Trinajstić information content (AvgIpc) is 1.72. The Kier molecular flexibility index (Phi) is 4.31. The van der Waals surface area contributed by atoms with Crippen molar-refractivity contribution in [2.75, 3.05) is 0 Å². The van der Waals surface area contributed by atoms with E-state index in [1.54, 1.807) is 0 Å². The summed E-state index contributed by atoms with van der Waals surface area (Å²) in [5, 5.41) is 0. The van der Waals surface area contributed by atoms with E-state index in [1.165, 1.54) is 0 Å². The van der Waals surface area contributed by atoms with Crippen LogP contribution < -0.4 is 0 Å². The normalized spacial score (nSPS) is 6.86. The molecule has 0 aliphatic heterocycles. The quantitative estimate of drug-likeness (QED) is 0.566. The summed E-state index contributed by atoms with van der Waals surface area (Å²) in [5.41, 5.74) is 0. The summed E-state index contributed by atoms with van der Waals surface area (Å²) in [5.74, 6) is 0. The molecule has 0 atom stereocenters. The predicted molar refractivity (Wildman–Crippen MR) is 36.4 cm³/mol. The Bertz CT molecular complexity index is 76.1. The average molecular weight is 196 g/mol. The third kappa shape index (κ3) is 2.75. The largest absolute Gasteiger partial charge is 0.0623 e. The summed E-state index contributed by atoms with van der Waals surface area (Å²) in [4.78, 5) is 0. The van der Waals surface area contributed by atoms with Crippen LogP contribution >= 0.6 is 0 Å². The molecule has 1 rings (SSSR count). The third-order valence-corrected chi connectivity index (χ3v) is 0.667. The molecule has 0 nitrogen and oxygen atoms in total. The fraction of sp³-hybridized carbons (Fsp3) is 0. The molecule has 0 spiro atoms. The molecular formula is C6H9In. The van der Waals surface area contributed by atoms with Gasteiger partial charge >= 0.3 is 25.8 Å². The molecule has 0 bridgehead atoms. The molecule has 36 valence electrons. The topological polar surface area (TPSA) is 0 Å². The molecule has 0 saturated carbocycles. The van der Waals surface area contributed by atoms with Crippen LogP contribution in [-0.2, 0) is 0 Å². The molecular weight excluding hydrogens is 187 g/mol. The first kappa shape index (κ1) is 7.09. The van der Waals surface area contributed by atoms with Crippen molar-refractivity contribution >= 4 is 25.8 Å². The van der Waals surface area contributed by atoms with Gasteiger partial charge in [-0.15, -0.1) is 0 Å². The van der Waals surface area contributed by atoms with Gasteiger partial charge in [-0.3, -0.25) is 0 Å². The summed E-state index contributed by atoms with van der Waals surface area (Å²) in [6.45, 7) is 0. The Morgan fingerprint density at radius 1 is 0.429 bits per heavy atom. The minimum absolute atomic E-state index is 0. The standard InChI is InChI=1S/C6H6.In.3H/c1-2-4-6-5-3-1;;;;/h1-6H;;;;. The summed E-state index contributed by atoms with van der Waals surface area (Å²) in [6.07, 6.45) is 0. The molecule has 7 heavy (non-hydrogen) atoms. The summed E-state index contributed by atoms with van der Waals surface area (Å²) >= 11 is 0. The molecule has 0 aromatic heterocycles. The molecule has 0 saturated heterocycles. The van der Waals surface area contributed by atoms with Crippen molar-refractivity contribution in [1.82, 2.24) is 0 Å². The van der Waals surface area contributed by atoms with E-state index in [0.717, 1.165) is 0 Å². The van der Waals surface area contributed by atoms with Gasteiger partial charge in [0.15, 0.2) is 0 Å². The number of hydrogen-bond acceptors (Lipinski definition) is 0. The number of hydrogen-bond donors (Lipinski definition) is 0. The van der Waals surface area contributed by atoms with Crippen molar-refractivity contribution in [3.05, 3.63) is 36.4 Å². The second kappa shape index (κ2) is 4.25. The summed E-state index contributed by atoms with van der Waals surface area (Å²) < 4.78 is 0. The number of benzene rings is 1. The maximum atomic E-state index is 2.00. The smallest absolute Gasteiger partial charge is 0.0623 e. The zero-order valence-corrected chi connectivity index (χ0v) is 3.46. The first-order valence-corrected chi connectivity index (χ1v) is 2.00. The first-order valence-electron chi connectivity index (χ1n) is 2.00. The van der Waals surface area contributed by atoms with Crippen LogP contribution in [-0.4, -0.2) is 25.8 Å². The van der Waals surface area contributed by atoms with Gasteiger partial charge in [0.05, 0.1) is 0 Å². The van der Waals surface area contributed by atoms with E-state index < -0.39 is 0 Å². The van der Waals surface area contributed by atoms with Gasteiger partial charge in [0.1, 0.15) is 0 Å². The van der Waals surface area contributed by atoms with Crippen molar-refractivity contribution in [1.29, 1.82) is 0 Å². The van der Waals surface area contributed by atoms with E-state index in [1.807, 2.05) is 36.4 Å². The molecule has 0 amide bonds. The van der Waals surface area contributed by atoms with Gasteiger partial charge in [-0.1, -0.05) is 36.4 Å². The Morgan fingerprint density at radius 2 is 0.571 bits per heavy atom.